The van der Waals surface area contributed by atoms with Gasteiger partial charge < -0.3 is 14.2 Å². The van der Waals surface area contributed by atoms with Crippen molar-refractivity contribution in [1.29, 1.82) is 0 Å². The lowest BCUT2D eigenvalue weighted by Crippen LogP contribution is -2.37. The normalized spacial score (nSPS) is 15.2. The summed E-state index contributed by atoms with van der Waals surface area (Å²) in [6, 6.07) is 13.5. The van der Waals surface area contributed by atoms with Gasteiger partial charge in [-0.25, -0.2) is 13.1 Å². The molecule has 0 spiro atoms. The molecule has 2 aromatic carbocycles. The van der Waals surface area contributed by atoms with Gasteiger partial charge in [-0.15, -0.1) is 0 Å². The van der Waals surface area contributed by atoms with Crippen LogP contribution in [0.3, 0.4) is 0 Å². The van der Waals surface area contributed by atoms with E-state index >= 15 is 0 Å². The first kappa shape index (κ1) is 24.1. The summed E-state index contributed by atoms with van der Waals surface area (Å²) in [7, 11) is -4.12. The summed E-state index contributed by atoms with van der Waals surface area (Å²) in [5.74, 6) is 0.608. The Morgan fingerprint density at radius 2 is 1.81 bits per heavy atom. The van der Waals surface area contributed by atoms with E-state index in [1.54, 1.807) is 42.5 Å². The molecule has 1 atom stereocenters. The number of sulfonamides is 1. The van der Waals surface area contributed by atoms with E-state index in [9.17, 15) is 13.2 Å². The number of carbonyl (C=O) groups is 1. The van der Waals surface area contributed by atoms with Crippen molar-refractivity contribution < 1.29 is 27.4 Å². The molecule has 188 valence electrons. The predicted molar refractivity (Wildman–Crippen MR) is 133 cm³/mol. The Bertz CT molecular complexity index is 1420. The molecule has 0 fully saturated rings. The highest BCUT2D eigenvalue weighted by atomic mass is 32.2. The molecule has 9 heteroatoms. The van der Waals surface area contributed by atoms with Gasteiger partial charge in [-0.3, -0.25) is 9.78 Å². The second-order valence-corrected chi connectivity index (χ2v) is 10.7. The first-order valence-corrected chi connectivity index (χ1v) is 13.5. The molecule has 1 N–H and O–H groups in total. The van der Waals surface area contributed by atoms with E-state index in [-0.39, 0.29) is 11.7 Å². The Morgan fingerprint density at radius 1 is 1.03 bits per heavy atom. The molecule has 2 heterocycles. The number of hydrogen-bond acceptors (Lipinski definition) is 7. The molecule has 1 aromatic heterocycles. The molecule has 1 aliphatic heterocycles. The van der Waals surface area contributed by atoms with E-state index in [2.05, 4.69) is 9.71 Å². The van der Waals surface area contributed by atoms with Crippen molar-refractivity contribution in [2.45, 2.75) is 57.0 Å². The van der Waals surface area contributed by atoms with Crippen LogP contribution in [0.1, 0.15) is 53.9 Å². The average Bonchev–Trinajstić information content (AvgIpc) is 3.35. The molecule has 0 radical (unpaired) electrons. The number of benzene rings is 2. The Kier molecular flexibility index (Phi) is 6.57. The zero-order valence-corrected chi connectivity index (χ0v) is 21.1. The van der Waals surface area contributed by atoms with E-state index in [4.69, 9.17) is 14.2 Å². The Labute approximate surface area is 210 Å². The number of ether oxygens (including phenoxy) is 3. The second kappa shape index (κ2) is 9.81. The molecule has 1 amide bonds. The number of pyridine rings is 1. The van der Waals surface area contributed by atoms with Gasteiger partial charge in [0.2, 0.25) is 12.9 Å². The Hall–Kier alpha value is -3.59. The highest BCUT2D eigenvalue weighted by Gasteiger charge is 2.30. The predicted octanol–water partition coefficient (Wildman–Crippen LogP) is 4.19. The zero-order valence-electron chi connectivity index (χ0n) is 20.2. The minimum atomic E-state index is -4.12. The van der Waals surface area contributed by atoms with E-state index in [0.29, 0.717) is 34.9 Å². The summed E-state index contributed by atoms with van der Waals surface area (Å²) in [6.45, 7) is 3.88. The molecule has 0 saturated carbocycles. The number of nitrogens with zero attached hydrogens (tertiary/aromatic N) is 1. The number of carbonyl (C=O) groups excluding carboxylic acids is 1. The SMILES string of the molecule is CCc1nc(C)ccc1OC(C(=O)NS(=O)(=O)c1ccc2c(c1)CCCC2)c1ccc2c(c1)OCO2. The topological polar surface area (TPSA) is 104 Å². The third-order valence-electron chi connectivity index (χ3n) is 6.45. The van der Waals surface area contributed by atoms with Crippen LogP contribution in [-0.4, -0.2) is 26.1 Å². The molecule has 2 aliphatic rings. The quantitative estimate of drug-likeness (QED) is 0.510. The maximum atomic E-state index is 13.5. The maximum absolute atomic E-state index is 13.5. The molecule has 0 saturated heterocycles. The largest absolute Gasteiger partial charge is 0.474 e. The van der Waals surface area contributed by atoms with Crippen molar-refractivity contribution in [3.8, 4) is 17.2 Å². The standard InChI is InChI=1S/C27H28N2O6S/c1-3-22-23(12-8-17(2)28-22)35-26(20-10-13-24-25(15-20)34-16-33-24)27(30)29-36(31,32)21-11-9-18-6-4-5-7-19(18)14-21/h8-15,26H,3-7,16H2,1-2H3,(H,29,30). The van der Waals surface area contributed by atoms with Crippen LogP contribution in [0.4, 0.5) is 0 Å². The number of rotatable bonds is 7. The van der Waals surface area contributed by atoms with E-state index in [1.807, 2.05) is 19.9 Å². The summed E-state index contributed by atoms with van der Waals surface area (Å²) >= 11 is 0. The number of amides is 1. The molecule has 5 rings (SSSR count). The molecule has 1 unspecified atom stereocenters. The minimum Gasteiger partial charge on any atom is -0.474 e. The molecule has 36 heavy (non-hydrogen) atoms. The molecule has 8 nitrogen and oxygen atoms in total. The van der Waals surface area contributed by atoms with Crippen LogP contribution >= 0.6 is 0 Å². The zero-order chi connectivity index (χ0) is 25.3. The van der Waals surface area contributed by atoms with E-state index in [1.165, 1.54) is 0 Å². The number of aryl methyl sites for hydroxylation is 4. The maximum Gasteiger partial charge on any atom is 0.279 e. The van der Waals surface area contributed by atoms with Crippen molar-refractivity contribution in [3.63, 3.8) is 0 Å². The van der Waals surface area contributed by atoms with Crippen molar-refractivity contribution in [1.82, 2.24) is 9.71 Å². The lowest BCUT2D eigenvalue weighted by molar-refractivity contribution is -0.126. The first-order valence-electron chi connectivity index (χ1n) is 12.1. The van der Waals surface area contributed by atoms with Crippen LogP contribution in [0.5, 0.6) is 17.2 Å². The molecular formula is C27H28N2O6S. The molecular weight excluding hydrogens is 480 g/mol. The first-order chi connectivity index (χ1) is 17.3. The van der Waals surface area contributed by atoms with E-state index in [0.717, 1.165) is 42.5 Å². The number of hydrogen-bond donors (Lipinski definition) is 1. The van der Waals surface area contributed by atoms with Gasteiger partial charge in [0.15, 0.2) is 11.5 Å². The monoisotopic (exact) mass is 508 g/mol. The molecule has 3 aromatic rings. The fraction of sp³-hybridized carbons (Fsp3) is 0.333. The molecule has 1 aliphatic carbocycles. The fourth-order valence-corrected chi connectivity index (χ4v) is 5.59. The number of fused-ring (bicyclic) bond motifs is 2. The third-order valence-corrected chi connectivity index (χ3v) is 7.80. The summed E-state index contributed by atoms with van der Waals surface area (Å²) in [4.78, 5) is 18.0. The van der Waals surface area contributed by atoms with Gasteiger partial charge in [0.25, 0.3) is 15.9 Å². The van der Waals surface area contributed by atoms with Gasteiger partial charge >= 0.3 is 0 Å². The summed E-state index contributed by atoms with van der Waals surface area (Å²) < 4.78 is 45.7. The van der Waals surface area contributed by atoms with Crippen molar-refractivity contribution in [2.75, 3.05) is 6.79 Å². The fourth-order valence-electron chi connectivity index (χ4n) is 4.56. The van der Waals surface area contributed by atoms with Gasteiger partial charge in [-0.05, 0) is 86.6 Å². The van der Waals surface area contributed by atoms with Crippen LogP contribution < -0.4 is 18.9 Å². The lowest BCUT2D eigenvalue weighted by Gasteiger charge is -2.21. The second-order valence-electron chi connectivity index (χ2n) is 8.97. The number of aromatic nitrogens is 1. The summed E-state index contributed by atoms with van der Waals surface area (Å²) in [5.41, 5.74) is 4.09. The Morgan fingerprint density at radius 3 is 2.61 bits per heavy atom. The highest BCUT2D eigenvalue weighted by molar-refractivity contribution is 7.90. The highest BCUT2D eigenvalue weighted by Crippen LogP contribution is 2.36. The van der Waals surface area contributed by atoms with Gasteiger partial charge in [0.05, 0.1) is 10.6 Å². The van der Waals surface area contributed by atoms with Gasteiger partial charge in [0.1, 0.15) is 5.75 Å². The van der Waals surface area contributed by atoms with Crippen LogP contribution in [0.2, 0.25) is 0 Å². The number of nitrogens with one attached hydrogen (secondary N) is 1. The van der Waals surface area contributed by atoms with Crippen molar-refractivity contribution >= 4 is 15.9 Å². The van der Waals surface area contributed by atoms with Crippen LogP contribution in [0, 0.1) is 6.92 Å². The van der Waals surface area contributed by atoms with Crippen molar-refractivity contribution in [2.24, 2.45) is 0 Å². The lowest BCUT2D eigenvalue weighted by atomic mass is 9.92. The van der Waals surface area contributed by atoms with E-state index < -0.39 is 22.0 Å². The smallest absolute Gasteiger partial charge is 0.279 e. The van der Waals surface area contributed by atoms with Crippen LogP contribution in [0.15, 0.2) is 53.4 Å². The summed E-state index contributed by atoms with van der Waals surface area (Å²) in [6.07, 6.45) is 3.20. The third kappa shape index (κ3) is 4.88. The molecule has 0 bridgehead atoms. The Balaban J connectivity index is 1.47. The van der Waals surface area contributed by atoms with Gasteiger partial charge in [-0.2, -0.15) is 0 Å². The summed E-state index contributed by atoms with van der Waals surface area (Å²) in [5, 5.41) is 0. The van der Waals surface area contributed by atoms with Gasteiger partial charge in [-0.1, -0.05) is 19.1 Å². The van der Waals surface area contributed by atoms with Crippen LogP contribution in [-0.2, 0) is 34.1 Å². The minimum absolute atomic E-state index is 0.0622. The van der Waals surface area contributed by atoms with Gasteiger partial charge in [0, 0.05) is 11.3 Å². The van der Waals surface area contributed by atoms with Crippen molar-refractivity contribution in [3.05, 3.63) is 76.6 Å². The average molecular weight is 509 g/mol. The van der Waals surface area contributed by atoms with Crippen LogP contribution in [0.25, 0.3) is 0 Å².